The molecule has 16 heavy (non-hydrogen) atoms. The van der Waals surface area contributed by atoms with Crippen molar-refractivity contribution in [3.05, 3.63) is 17.8 Å². The van der Waals surface area contributed by atoms with E-state index in [-0.39, 0.29) is 5.82 Å². The standard InChI is InChI=1S/C11H16FN3O/c1-8-9(12)10(14-7-13-8)15-5-3-4-11(2,16)6-15/h7,16H,3-6H2,1-2H3. The summed E-state index contributed by atoms with van der Waals surface area (Å²) in [5.74, 6) is -0.0901. The Morgan fingerprint density at radius 1 is 1.50 bits per heavy atom. The zero-order valence-corrected chi connectivity index (χ0v) is 9.57. The summed E-state index contributed by atoms with van der Waals surface area (Å²) in [6.07, 6.45) is 2.95. The van der Waals surface area contributed by atoms with Crippen molar-refractivity contribution in [2.45, 2.75) is 32.3 Å². The molecule has 5 heteroatoms. The first kappa shape index (κ1) is 11.3. The van der Waals surface area contributed by atoms with Gasteiger partial charge in [-0.2, -0.15) is 0 Å². The van der Waals surface area contributed by atoms with Gasteiger partial charge in [-0.1, -0.05) is 0 Å². The molecule has 0 aromatic carbocycles. The maximum atomic E-state index is 13.8. The lowest BCUT2D eigenvalue weighted by Crippen LogP contribution is -2.46. The lowest BCUT2D eigenvalue weighted by molar-refractivity contribution is 0.0445. The molecule has 1 saturated heterocycles. The third-order valence-corrected chi connectivity index (χ3v) is 2.92. The monoisotopic (exact) mass is 225 g/mol. The minimum atomic E-state index is -0.760. The van der Waals surface area contributed by atoms with Gasteiger partial charge in [-0.05, 0) is 26.7 Å². The molecule has 1 atom stereocenters. The van der Waals surface area contributed by atoms with Gasteiger partial charge in [0.15, 0.2) is 11.6 Å². The molecular weight excluding hydrogens is 209 g/mol. The van der Waals surface area contributed by atoms with Gasteiger partial charge >= 0.3 is 0 Å². The van der Waals surface area contributed by atoms with E-state index < -0.39 is 5.60 Å². The predicted molar refractivity (Wildman–Crippen MR) is 58.8 cm³/mol. The number of anilines is 1. The molecule has 0 spiro atoms. The SMILES string of the molecule is Cc1ncnc(N2CCCC(C)(O)C2)c1F. The second-order valence-corrected chi connectivity index (χ2v) is 4.62. The largest absolute Gasteiger partial charge is 0.388 e. The number of hydrogen-bond acceptors (Lipinski definition) is 4. The van der Waals surface area contributed by atoms with Gasteiger partial charge in [0.2, 0.25) is 0 Å². The summed E-state index contributed by atoms with van der Waals surface area (Å²) in [7, 11) is 0. The van der Waals surface area contributed by atoms with Gasteiger partial charge in [0.05, 0.1) is 11.3 Å². The number of hydrogen-bond donors (Lipinski definition) is 1. The van der Waals surface area contributed by atoms with Crippen LogP contribution in [0.4, 0.5) is 10.2 Å². The average molecular weight is 225 g/mol. The maximum absolute atomic E-state index is 13.8. The van der Waals surface area contributed by atoms with Gasteiger partial charge in [0.25, 0.3) is 0 Å². The van der Waals surface area contributed by atoms with Crippen LogP contribution in [0.1, 0.15) is 25.5 Å². The van der Waals surface area contributed by atoms with Crippen LogP contribution in [0.25, 0.3) is 0 Å². The Bertz CT molecular complexity index is 395. The first-order valence-electron chi connectivity index (χ1n) is 5.44. The number of aryl methyl sites for hydroxylation is 1. The maximum Gasteiger partial charge on any atom is 0.186 e. The first-order valence-corrected chi connectivity index (χ1v) is 5.44. The van der Waals surface area contributed by atoms with Crippen LogP contribution in [0.2, 0.25) is 0 Å². The molecule has 1 aliphatic rings. The van der Waals surface area contributed by atoms with Crippen molar-refractivity contribution >= 4 is 5.82 Å². The first-order chi connectivity index (χ1) is 7.49. The molecule has 1 fully saturated rings. The highest BCUT2D eigenvalue weighted by molar-refractivity contribution is 5.41. The van der Waals surface area contributed by atoms with Crippen LogP contribution in [0.3, 0.4) is 0 Å². The summed E-state index contributed by atoms with van der Waals surface area (Å²) < 4.78 is 13.8. The minimum Gasteiger partial charge on any atom is -0.388 e. The van der Waals surface area contributed by atoms with E-state index in [1.807, 2.05) is 0 Å². The van der Waals surface area contributed by atoms with Gasteiger partial charge in [-0.15, -0.1) is 0 Å². The molecule has 2 heterocycles. The molecule has 0 radical (unpaired) electrons. The molecule has 1 N–H and O–H groups in total. The Labute approximate surface area is 94.1 Å². The lowest BCUT2D eigenvalue weighted by atomic mass is 9.95. The molecule has 0 saturated carbocycles. The molecule has 1 aromatic heterocycles. The molecule has 0 aliphatic carbocycles. The zero-order chi connectivity index (χ0) is 11.8. The smallest absolute Gasteiger partial charge is 0.186 e. The quantitative estimate of drug-likeness (QED) is 0.782. The minimum absolute atomic E-state index is 0.299. The number of nitrogens with zero attached hydrogens (tertiary/aromatic N) is 3. The Morgan fingerprint density at radius 2 is 2.25 bits per heavy atom. The van der Waals surface area contributed by atoms with Crippen molar-refractivity contribution in [2.24, 2.45) is 0 Å². The Hall–Kier alpha value is -1.23. The summed E-state index contributed by atoms with van der Waals surface area (Å²) in [6, 6.07) is 0. The van der Waals surface area contributed by atoms with Crippen LogP contribution < -0.4 is 4.90 Å². The molecule has 1 aromatic rings. The van der Waals surface area contributed by atoms with Gasteiger partial charge in [0, 0.05) is 13.1 Å². The molecule has 1 unspecified atom stereocenters. The van der Waals surface area contributed by atoms with Crippen molar-refractivity contribution in [1.82, 2.24) is 9.97 Å². The summed E-state index contributed by atoms with van der Waals surface area (Å²) in [5, 5.41) is 9.96. The van der Waals surface area contributed by atoms with E-state index in [1.165, 1.54) is 6.33 Å². The fraction of sp³-hybridized carbons (Fsp3) is 0.636. The highest BCUT2D eigenvalue weighted by atomic mass is 19.1. The van der Waals surface area contributed by atoms with Gasteiger partial charge < -0.3 is 10.0 Å². The normalized spacial score (nSPS) is 25.9. The van der Waals surface area contributed by atoms with E-state index in [9.17, 15) is 9.50 Å². The Kier molecular flexibility index (Phi) is 2.80. The van der Waals surface area contributed by atoms with Crippen LogP contribution in [0.15, 0.2) is 6.33 Å². The van der Waals surface area contributed by atoms with Crippen LogP contribution in [0, 0.1) is 12.7 Å². The molecule has 4 nitrogen and oxygen atoms in total. The number of aliphatic hydroxyl groups is 1. The lowest BCUT2D eigenvalue weighted by Gasteiger charge is -2.37. The number of aromatic nitrogens is 2. The number of halogens is 1. The fourth-order valence-corrected chi connectivity index (χ4v) is 2.07. The van der Waals surface area contributed by atoms with E-state index in [4.69, 9.17) is 0 Å². The third kappa shape index (κ3) is 2.14. The van der Waals surface area contributed by atoms with Crippen molar-refractivity contribution in [1.29, 1.82) is 0 Å². The van der Waals surface area contributed by atoms with E-state index in [0.717, 1.165) is 19.4 Å². The van der Waals surface area contributed by atoms with Gasteiger partial charge in [-0.25, -0.2) is 14.4 Å². The third-order valence-electron chi connectivity index (χ3n) is 2.92. The van der Waals surface area contributed by atoms with Crippen molar-refractivity contribution in [3.8, 4) is 0 Å². The summed E-state index contributed by atoms with van der Waals surface area (Å²) >= 11 is 0. The van der Waals surface area contributed by atoms with Crippen LogP contribution in [-0.2, 0) is 0 Å². The molecule has 0 amide bonds. The average Bonchev–Trinajstić information content (AvgIpc) is 2.20. The Balaban J connectivity index is 2.27. The van der Waals surface area contributed by atoms with Crippen molar-refractivity contribution in [2.75, 3.05) is 18.0 Å². The summed E-state index contributed by atoms with van der Waals surface area (Å²) in [4.78, 5) is 9.54. The number of piperidine rings is 1. The Morgan fingerprint density at radius 3 is 2.94 bits per heavy atom. The summed E-state index contributed by atoms with van der Waals surface area (Å²) in [6.45, 7) is 4.53. The topological polar surface area (TPSA) is 49.2 Å². The van der Waals surface area contributed by atoms with E-state index >= 15 is 0 Å². The number of β-amino-alcohol motifs (C(OH)–C–C–N with tert-alkyl or cyclic N) is 1. The van der Waals surface area contributed by atoms with Crippen molar-refractivity contribution < 1.29 is 9.50 Å². The second-order valence-electron chi connectivity index (χ2n) is 4.62. The highest BCUT2D eigenvalue weighted by Gasteiger charge is 2.30. The zero-order valence-electron chi connectivity index (χ0n) is 9.57. The molecule has 1 aliphatic heterocycles. The molecular formula is C11H16FN3O. The molecule has 2 rings (SSSR count). The molecule has 88 valence electrons. The van der Waals surface area contributed by atoms with E-state index in [0.29, 0.717) is 18.1 Å². The summed E-state index contributed by atoms with van der Waals surface area (Å²) in [5.41, 5.74) is -0.418. The highest BCUT2D eigenvalue weighted by Crippen LogP contribution is 2.26. The van der Waals surface area contributed by atoms with Gasteiger partial charge in [-0.3, -0.25) is 0 Å². The van der Waals surface area contributed by atoms with Crippen molar-refractivity contribution in [3.63, 3.8) is 0 Å². The van der Waals surface area contributed by atoms with Gasteiger partial charge in [0.1, 0.15) is 6.33 Å². The predicted octanol–water partition coefficient (Wildman–Crippen LogP) is 1.28. The van der Waals surface area contributed by atoms with Crippen LogP contribution in [-0.4, -0.2) is 33.8 Å². The van der Waals surface area contributed by atoms with E-state index in [1.54, 1.807) is 18.7 Å². The van der Waals surface area contributed by atoms with Crippen LogP contribution in [0.5, 0.6) is 0 Å². The van der Waals surface area contributed by atoms with Crippen LogP contribution >= 0.6 is 0 Å². The van der Waals surface area contributed by atoms with E-state index in [2.05, 4.69) is 9.97 Å². The number of rotatable bonds is 1. The fourth-order valence-electron chi connectivity index (χ4n) is 2.07. The molecule has 0 bridgehead atoms. The second kappa shape index (κ2) is 3.97.